The van der Waals surface area contributed by atoms with E-state index in [0.29, 0.717) is 25.3 Å². The number of nitrogens with one attached hydrogen (secondary N) is 2. The number of carbonyl (C=O) groups is 1. The van der Waals surface area contributed by atoms with Crippen LogP contribution in [0.2, 0.25) is 0 Å². The molecule has 22 heavy (non-hydrogen) atoms. The van der Waals surface area contributed by atoms with Gasteiger partial charge in [-0.3, -0.25) is 0 Å². The predicted molar refractivity (Wildman–Crippen MR) is 84.7 cm³/mol. The lowest BCUT2D eigenvalue weighted by Gasteiger charge is -2.09. The van der Waals surface area contributed by atoms with Gasteiger partial charge in [-0.1, -0.05) is 17.7 Å². The normalized spacial score (nSPS) is 10.1. The maximum Gasteiger partial charge on any atom is 0.319 e. The van der Waals surface area contributed by atoms with Gasteiger partial charge in [-0.2, -0.15) is 0 Å². The van der Waals surface area contributed by atoms with Crippen LogP contribution in [0.3, 0.4) is 0 Å². The van der Waals surface area contributed by atoms with E-state index in [-0.39, 0.29) is 11.8 Å². The number of ether oxygens (including phenoxy) is 1. The molecule has 0 aliphatic rings. The third-order valence-electron chi connectivity index (χ3n) is 3.00. The third kappa shape index (κ3) is 5.44. The number of hydrogen-bond acceptors (Lipinski definition) is 2. The predicted octanol–water partition coefficient (Wildman–Crippen LogP) is 3.72. The van der Waals surface area contributed by atoms with Crippen LogP contribution in [0.5, 0.6) is 5.75 Å². The van der Waals surface area contributed by atoms with Crippen LogP contribution < -0.4 is 15.4 Å². The van der Waals surface area contributed by atoms with Gasteiger partial charge in [0.05, 0.1) is 6.61 Å². The van der Waals surface area contributed by atoms with Gasteiger partial charge in [-0.25, -0.2) is 9.18 Å². The Balaban J connectivity index is 1.61. The van der Waals surface area contributed by atoms with E-state index in [1.165, 1.54) is 29.8 Å². The van der Waals surface area contributed by atoms with Crippen molar-refractivity contribution in [2.75, 3.05) is 18.5 Å². The van der Waals surface area contributed by atoms with Crippen LogP contribution in [0.15, 0.2) is 48.5 Å². The molecule has 0 aliphatic heterocycles. The second kappa shape index (κ2) is 8.02. The molecule has 0 bridgehead atoms. The van der Waals surface area contributed by atoms with E-state index in [1.54, 1.807) is 0 Å². The quantitative estimate of drug-likeness (QED) is 0.799. The first-order valence-corrected chi connectivity index (χ1v) is 7.13. The number of urea groups is 1. The molecule has 0 aromatic heterocycles. The van der Waals surface area contributed by atoms with Gasteiger partial charge in [0.25, 0.3) is 0 Å². The second-order valence-electron chi connectivity index (χ2n) is 4.90. The van der Waals surface area contributed by atoms with E-state index < -0.39 is 0 Å². The molecule has 0 saturated heterocycles. The summed E-state index contributed by atoms with van der Waals surface area (Å²) >= 11 is 0. The molecular formula is C17H19FN2O2. The Morgan fingerprint density at radius 3 is 2.45 bits per heavy atom. The summed E-state index contributed by atoms with van der Waals surface area (Å²) in [4.78, 5) is 11.6. The molecule has 2 N–H and O–H groups in total. The Hall–Kier alpha value is -2.56. The second-order valence-corrected chi connectivity index (χ2v) is 4.90. The van der Waals surface area contributed by atoms with Gasteiger partial charge in [0, 0.05) is 12.2 Å². The van der Waals surface area contributed by atoms with Crippen LogP contribution in [0.4, 0.5) is 14.9 Å². The molecule has 0 atom stereocenters. The van der Waals surface area contributed by atoms with Gasteiger partial charge in [0.2, 0.25) is 0 Å². The number of carbonyl (C=O) groups excluding carboxylic acids is 1. The summed E-state index contributed by atoms with van der Waals surface area (Å²) in [6.45, 7) is 3.05. The number of anilines is 1. The largest absolute Gasteiger partial charge is 0.494 e. The summed E-state index contributed by atoms with van der Waals surface area (Å²) in [6.07, 6.45) is 0.699. The van der Waals surface area contributed by atoms with E-state index in [1.807, 2.05) is 31.2 Å². The van der Waals surface area contributed by atoms with Crippen molar-refractivity contribution >= 4 is 11.7 Å². The van der Waals surface area contributed by atoms with Crippen molar-refractivity contribution in [2.24, 2.45) is 0 Å². The maximum absolute atomic E-state index is 12.7. The lowest BCUT2D eigenvalue weighted by Crippen LogP contribution is -2.30. The number of hydrogen-bond donors (Lipinski definition) is 2. The van der Waals surface area contributed by atoms with Gasteiger partial charge in [-0.15, -0.1) is 0 Å². The summed E-state index contributed by atoms with van der Waals surface area (Å²) < 4.78 is 18.3. The van der Waals surface area contributed by atoms with Crippen molar-refractivity contribution in [2.45, 2.75) is 13.3 Å². The number of amides is 2. The standard InChI is InChI=1S/C17H19FN2O2/c1-13-3-9-16(10-4-13)22-12-2-11-19-17(21)20-15-7-5-14(18)6-8-15/h3-10H,2,11-12H2,1H3,(H2,19,20,21). The molecule has 0 unspecified atom stereocenters. The lowest BCUT2D eigenvalue weighted by atomic mass is 10.2. The first-order valence-electron chi connectivity index (χ1n) is 7.13. The van der Waals surface area contributed by atoms with Gasteiger partial charge in [0.15, 0.2) is 0 Å². The van der Waals surface area contributed by atoms with Crippen molar-refractivity contribution in [3.8, 4) is 5.75 Å². The molecule has 0 saturated carbocycles. The fraction of sp³-hybridized carbons (Fsp3) is 0.235. The van der Waals surface area contributed by atoms with Crippen LogP contribution in [-0.2, 0) is 0 Å². The molecule has 0 spiro atoms. The van der Waals surface area contributed by atoms with Crippen molar-refractivity contribution in [3.05, 3.63) is 59.9 Å². The summed E-state index contributed by atoms with van der Waals surface area (Å²) in [7, 11) is 0. The highest BCUT2D eigenvalue weighted by Gasteiger charge is 2.01. The van der Waals surface area contributed by atoms with Crippen LogP contribution in [0.1, 0.15) is 12.0 Å². The maximum atomic E-state index is 12.7. The molecule has 0 heterocycles. The Bertz CT molecular complexity index is 597. The molecule has 116 valence electrons. The highest BCUT2D eigenvalue weighted by molar-refractivity contribution is 5.89. The number of aryl methyl sites for hydroxylation is 1. The van der Waals surface area contributed by atoms with Crippen molar-refractivity contribution in [1.82, 2.24) is 5.32 Å². The van der Waals surface area contributed by atoms with Gasteiger partial charge >= 0.3 is 6.03 Å². The molecular weight excluding hydrogens is 283 g/mol. The van der Waals surface area contributed by atoms with E-state index in [9.17, 15) is 9.18 Å². The van der Waals surface area contributed by atoms with Crippen LogP contribution in [-0.4, -0.2) is 19.2 Å². The van der Waals surface area contributed by atoms with Crippen LogP contribution in [0, 0.1) is 12.7 Å². The van der Waals surface area contributed by atoms with Gasteiger partial charge in [0.1, 0.15) is 11.6 Å². The number of rotatable bonds is 6. The minimum atomic E-state index is -0.334. The zero-order valence-electron chi connectivity index (χ0n) is 12.4. The number of benzene rings is 2. The zero-order valence-corrected chi connectivity index (χ0v) is 12.4. The fourth-order valence-electron chi connectivity index (χ4n) is 1.81. The monoisotopic (exact) mass is 302 g/mol. The van der Waals surface area contributed by atoms with Gasteiger partial charge in [-0.05, 0) is 49.7 Å². The summed E-state index contributed by atoms with van der Waals surface area (Å²) in [6, 6.07) is 13.1. The SMILES string of the molecule is Cc1ccc(OCCCNC(=O)Nc2ccc(F)cc2)cc1. The Labute approximate surface area is 129 Å². The van der Waals surface area contributed by atoms with Crippen molar-refractivity contribution in [3.63, 3.8) is 0 Å². The zero-order chi connectivity index (χ0) is 15.8. The van der Waals surface area contributed by atoms with Crippen LogP contribution >= 0.6 is 0 Å². The van der Waals surface area contributed by atoms with E-state index in [2.05, 4.69) is 10.6 Å². The molecule has 4 nitrogen and oxygen atoms in total. The first-order chi connectivity index (χ1) is 10.6. The van der Waals surface area contributed by atoms with E-state index >= 15 is 0 Å². The van der Waals surface area contributed by atoms with Gasteiger partial charge < -0.3 is 15.4 Å². The van der Waals surface area contributed by atoms with E-state index in [0.717, 1.165) is 5.75 Å². The molecule has 2 rings (SSSR count). The molecule has 2 aromatic rings. The highest BCUT2D eigenvalue weighted by Crippen LogP contribution is 2.11. The third-order valence-corrected chi connectivity index (χ3v) is 3.00. The summed E-state index contributed by atoms with van der Waals surface area (Å²) in [5, 5.41) is 5.34. The van der Waals surface area contributed by atoms with Crippen molar-refractivity contribution < 1.29 is 13.9 Å². The lowest BCUT2D eigenvalue weighted by molar-refractivity contribution is 0.250. The van der Waals surface area contributed by atoms with Crippen LogP contribution in [0.25, 0.3) is 0 Å². The number of halogens is 1. The topological polar surface area (TPSA) is 50.4 Å². The fourth-order valence-corrected chi connectivity index (χ4v) is 1.81. The van der Waals surface area contributed by atoms with E-state index in [4.69, 9.17) is 4.74 Å². The molecule has 2 aromatic carbocycles. The highest BCUT2D eigenvalue weighted by atomic mass is 19.1. The summed E-state index contributed by atoms with van der Waals surface area (Å²) in [5.74, 6) is 0.487. The minimum Gasteiger partial charge on any atom is -0.494 e. The Morgan fingerprint density at radius 1 is 1.09 bits per heavy atom. The smallest absolute Gasteiger partial charge is 0.319 e. The molecule has 0 fully saturated rings. The molecule has 5 heteroatoms. The average Bonchev–Trinajstić information content (AvgIpc) is 2.51. The Morgan fingerprint density at radius 2 is 1.77 bits per heavy atom. The minimum absolute atomic E-state index is 0.318. The van der Waals surface area contributed by atoms with Crippen molar-refractivity contribution in [1.29, 1.82) is 0 Å². The molecule has 0 radical (unpaired) electrons. The average molecular weight is 302 g/mol. The first kappa shape index (κ1) is 15.8. The Kier molecular flexibility index (Phi) is 5.77. The summed E-state index contributed by atoms with van der Waals surface area (Å²) in [5.41, 5.74) is 1.74. The molecule has 2 amide bonds. The molecule has 0 aliphatic carbocycles.